The summed E-state index contributed by atoms with van der Waals surface area (Å²) >= 11 is 7.44. The molecule has 2 heterocycles. The average Bonchev–Trinajstić information content (AvgIpc) is 3.06. The number of nitrogens with one attached hydrogen (secondary N) is 2. The monoisotopic (exact) mass is 380 g/mol. The summed E-state index contributed by atoms with van der Waals surface area (Å²) in [5, 5.41) is 7.00. The van der Waals surface area contributed by atoms with E-state index in [0.717, 1.165) is 20.9 Å². The van der Waals surface area contributed by atoms with Crippen molar-refractivity contribution in [2.45, 2.75) is 0 Å². The van der Waals surface area contributed by atoms with Gasteiger partial charge in [-0.15, -0.1) is 0 Å². The quantitative estimate of drug-likeness (QED) is 0.482. The number of fused-ring (bicyclic) bond motifs is 1. The molecule has 0 saturated heterocycles. The number of benzene rings is 2. The normalized spacial score (nSPS) is 10.7. The Morgan fingerprint density at radius 3 is 2.50 bits per heavy atom. The third-order valence-corrected chi connectivity index (χ3v) is 4.88. The highest BCUT2D eigenvalue weighted by Crippen LogP contribution is 2.30. The topological polar surface area (TPSA) is 66.9 Å². The molecule has 4 rings (SSSR count). The van der Waals surface area contributed by atoms with Crippen LogP contribution in [0.3, 0.4) is 0 Å². The van der Waals surface area contributed by atoms with Crippen molar-refractivity contribution in [2.75, 3.05) is 10.6 Å². The van der Waals surface area contributed by atoms with Crippen LogP contribution in [-0.2, 0) is 0 Å². The van der Waals surface area contributed by atoms with E-state index in [1.54, 1.807) is 30.5 Å². The number of halogens is 1. The van der Waals surface area contributed by atoms with Crippen LogP contribution in [0.5, 0.6) is 0 Å². The van der Waals surface area contributed by atoms with Crippen molar-refractivity contribution < 1.29 is 4.79 Å². The van der Waals surface area contributed by atoms with Crippen LogP contribution in [0.25, 0.3) is 20.9 Å². The van der Waals surface area contributed by atoms with Crippen molar-refractivity contribution in [1.29, 1.82) is 0 Å². The van der Waals surface area contributed by atoms with E-state index in [2.05, 4.69) is 20.6 Å². The van der Waals surface area contributed by atoms with Crippen LogP contribution in [0.2, 0.25) is 5.02 Å². The lowest BCUT2D eigenvalue weighted by Crippen LogP contribution is -2.19. The van der Waals surface area contributed by atoms with Gasteiger partial charge in [-0.1, -0.05) is 41.1 Å². The fourth-order valence-electron chi connectivity index (χ4n) is 2.48. The number of hydrogen-bond acceptors (Lipinski definition) is 4. The molecule has 0 aliphatic heterocycles. The number of carbonyl (C=O) groups excluding carboxylic acids is 1. The fraction of sp³-hybridized carbons (Fsp3) is 0. The van der Waals surface area contributed by atoms with Gasteiger partial charge in [0.05, 0.1) is 0 Å². The molecular weight excluding hydrogens is 368 g/mol. The Bertz CT molecular complexity index is 1060. The summed E-state index contributed by atoms with van der Waals surface area (Å²) in [6.07, 6.45) is 1.75. The Hall–Kier alpha value is -2.96. The minimum atomic E-state index is -0.338. The molecular formula is C19H13ClN4OS. The first-order chi connectivity index (χ1) is 12.7. The Morgan fingerprint density at radius 1 is 0.962 bits per heavy atom. The maximum Gasteiger partial charge on any atom is 0.323 e. The minimum Gasteiger partial charge on any atom is -0.308 e. The third-order valence-electron chi connectivity index (χ3n) is 3.62. The number of hydrogen-bond donors (Lipinski definition) is 2. The third kappa shape index (κ3) is 3.66. The predicted octanol–water partition coefficient (Wildman–Crippen LogP) is 5.66. The first-order valence-electron chi connectivity index (χ1n) is 7.83. The SMILES string of the molecule is O=C(Nc1cccc(Cl)c1)Nc1cccc(-c2nc3cccnc3s2)c1. The first-order valence-corrected chi connectivity index (χ1v) is 9.02. The predicted molar refractivity (Wildman–Crippen MR) is 107 cm³/mol. The van der Waals surface area contributed by atoms with Gasteiger partial charge in [0.15, 0.2) is 0 Å². The second-order valence-corrected chi connectivity index (χ2v) is 6.93. The molecule has 2 N–H and O–H groups in total. The summed E-state index contributed by atoms with van der Waals surface area (Å²) < 4.78 is 0. The fourth-order valence-corrected chi connectivity index (χ4v) is 3.58. The average molecular weight is 381 g/mol. The molecule has 0 spiro atoms. The molecule has 0 radical (unpaired) electrons. The van der Waals surface area contributed by atoms with Crippen molar-refractivity contribution >= 4 is 50.7 Å². The number of amides is 2. The number of urea groups is 1. The van der Waals surface area contributed by atoms with Crippen LogP contribution in [0.1, 0.15) is 0 Å². The molecule has 0 atom stereocenters. The molecule has 4 aromatic rings. The van der Waals surface area contributed by atoms with Gasteiger partial charge in [-0.05, 0) is 42.5 Å². The summed E-state index contributed by atoms with van der Waals surface area (Å²) in [5.41, 5.74) is 3.09. The highest BCUT2D eigenvalue weighted by Gasteiger charge is 2.09. The van der Waals surface area contributed by atoms with Crippen LogP contribution >= 0.6 is 22.9 Å². The summed E-state index contributed by atoms with van der Waals surface area (Å²) in [5.74, 6) is 0. The zero-order valence-electron chi connectivity index (χ0n) is 13.4. The lowest BCUT2D eigenvalue weighted by Gasteiger charge is -2.08. The lowest BCUT2D eigenvalue weighted by molar-refractivity contribution is 0.262. The highest BCUT2D eigenvalue weighted by molar-refractivity contribution is 7.21. The van der Waals surface area contributed by atoms with Gasteiger partial charge >= 0.3 is 6.03 Å². The molecule has 2 amide bonds. The number of nitrogens with zero attached hydrogens (tertiary/aromatic N) is 2. The van der Waals surface area contributed by atoms with Crippen LogP contribution < -0.4 is 10.6 Å². The molecule has 0 unspecified atom stereocenters. The number of rotatable bonds is 3. The molecule has 2 aromatic carbocycles. The van der Waals surface area contributed by atoms with Gasteiger partial charge in [-0.3, -0.25) is 0 Å². The standard InChI is InChI=1S/C19H13ClN4OS/c20-13-5-2-7-15(11-13)23-19(25)22-14-6-1-4-12(10-14)17-24-16-8-3-9-21-18(16)26-17/h1-11H,(H2,22,23,25). The first kappa shape index (κ1) is 16.5. The van der Waals surface area contributed by atoms with Gasteiger partial charge in [0.1, 0.15) is 15.4 Å². The molecule has 0 fully saturated rings. The van der Waals surface area contributed by atoms with Crippen molar-refractivity contribution in [3.63, 3.8) is 0 Å². The van der Waals surface area contributed by atoms with Gasteiger partial charge in [0.25, 0.3) is 0 Å². The number of aromatic nitrogens is 2. The van der Waals surface area contributed by atoms with Crippen LogP contribution in [0, 0.1) is 0 Å². The van der Waals surface area contributed by atoms with E-state index in [9.17, 15) is 4.79 Å². The summed E-state index contributed by atoms with van der Waals surface area (Å²) in [6, 6.07) is 18.0. The highest BCUT2D eigenvalue weighted by atomic mass is 35.5. The lowest BCUT2D eigenvalue weighted by atomic mass is 10.2. The van der Waals surface area contributed by atoms with Crippen molar-refractivity contribution in [3.8, 4) is 10.6 Å². The molecule has 2 aromatic heterocycles. The summed E-state index contributed by atoms with van der Waals surface area (Å²) in [4.78, 5) is 22.0. The second kappa shape index (κ2) is 7.11. The zero-order valence-corrected chi connectivity index (χ0v) is 15.0. The van der Waals surface area contributed by atoms with Crippen molar-refractivity contribution in [1.82, 2.24) is 9.97 Å². The molecule has 7 heteroatoms. The Morgan fingerprint density at radius 2 is 1.73 bits per heavy atom. The molecule has 128 valence electrons. The van der Waals surface area contributed by atoms with E-state index in [-0.39, 0.29) is 6.03 Å². The molecule has 5 nitrogen and oxygen atoms in total. The van der Waals surface area contributed by atoms with Crippen molar-refractivity contribution in [3.05, 3.63) is 71.9 Å². The minimum absolute atomic E-state index is 0.338. The summed E-state index contributed by atoms with van der Waals surface area (Å²) in [7, 11) is 0. The van der Waals surface area contributed by atoms with Crippen molar-refractivity contribution in [2.24, 2.45) is 0 Å². The molecule has 0 aliphatic rings. The molecule has 0 saturated carbocycles. The van der Waals surface area contributed by atoms with Gasteiger partial charge < -0.3 is 10.6 Å². The largest absolute Gasteiger partial charge is 0.323 e. The van der Waals surface area contributed by atoms with E-state index < -0.39 is 0 Å². The Kier molecular flexibility index (Phi) is 4.51. The Labute approximate surface area is 158 Å². The maximum atomic E-state index is 12.2. The number of anilines is 2. The van der Waals surface area contributed by atoms with Gasteiger partial charge in [0, 0.05) is 28.2 Å². The van der Waals surface area contributed by atoms with Gasteiger partial charge in [0.2, 0.25) is 0 Å². The number of thiazole rings is 1. The number of carbonyl (C=O) groups is 1. The van der Waals surface area contributed by atoms with Gasteiger partial charge in [-0.2, -0.15) is 0 Å². The Balaban J connectivity index is 1.53. The second-order valence-electron chi connectivity index (χ2n) is 5.52. The zero-order chi connectivity index (χ0) is 17.9. The van der Waals surface area contributed by atoms with Gasteiger partial charge in [-0.25, -0.2) is 14.8 Å². The van der Waals surface area contributed by atoms with E-state index >= 15 is 0 Å². The van der Waals surface area contributed by atoms with E-state index in [1.807, 2.05) is 36.4 Å². The number of pyridine rings is 1. The molecule has 0 aliphatic carbocycles. The van der Waals surface area contributed by atoms with E-state index in [0.29, 0.717) is 16.4 Å². The van der Waals surface area contributed by atoms with Crippen LogP contribution in [0.15, 0.2) is 66.9 Å². The maximum absolute atomic E-state index is 12.2. The summed E-state index contributed by atoms with van der Waals surface area (Å²) in [6.45, 7) is 0. The van der Waals surface area contributed by atoms with Crippen LogP contribution in [0.4, 0.5) is 16.2 Å². The van der Waals surface area contributed by atoms with Crippen LogP contribution in [-0.4, -0.2) is 16.0 Å². The molecule has 26 heavy (non-hydrogen) atoms. The van der Waals surface area contributed by atoms with E-state index in [1.165, 1.54) is 11.3 Å². The smallest absolute Gasteiger partial charge is 0.308 e. The van der Waals surface area contributed by atoms with E-state index in [4.69, 9.17) is 11.6 Å². The molecule has 0 bridgehead atoms.